The number of fused-ring (bicyclic) bond motifs is 1. The van der Waals surface area contributed by atoms with Crippen LogP contribution in [0.4, 0.5) is 5.82 Å². The predicted octanol–water partition coefficient (Wildman–Crippen LogP) is 1.01. The molecule has 1 unspecified atom stereocenters. The van der Waals surface area contributed by atoms with Crippen LogP contribution in [0.5, 0.6) is 0 Å². The van der Waals surface area contributed by atoms with Crippen LogP contribution >= 0.6 is 0 Å². The fourth-order valence-electron chi connectivity index (χ4n) is 2.74. The second-order valence-electron chi connectivity index (χ2n) is 4.88. The maximum Gasteiger partial charge on any atom is 0.142 e. The van der Waals surface area contributed by atoms with Crippen molar-refractivity contribution in [3.05, 3.63) is 18.6 Å². The molecule has 0 saturated carbocycles. The van der Waals surface area contributed by atoms with Gasteiger partial charge in [0.2, 0.25) is 0 Å². The summed E-state index contributed by atoms with van der Waals surface area (Å²) < 4.78 is 0. The number of aromatic nitrogens is 3. The molecule has 2 N–H and O–H groups in total. The van der Waals surface area contributed by atoms with Gasteiger partial charge in [-0.15, -0.1) is 12.3 Å². The first-order valence-corrected chi connectivity index (χ1v) is 6.49. The zero-order chi connectivity index (χ0) is 13.2. The number of nitrogens with one attached hydrogen (secondary N) is 2. The van der Waals surface area contributed by atoms with Crippen LogP contribution in [0.25, 0.3) is 11.0 Å². The molecule has 5 nitrogen and oxygen atoms in total. The summed E-state index contributed by atoms with van der Waals surface area (Å²) in [6, 6.07) is 2.27. The third-order valence-corrected chi connectivity index (χ3v) is 3.83. The molecule has 1 aliphatic heterocycles. The third-order valence-electron chi connectivity index (χ3n) is 3.83. The number of piperidine rings is 1. The molecule has 3 rings (SSSR count). The molecule has 2 aromatic heterocycles. The molecule has 1 saturated heterocycles. The Balaban J connectivity index is 1.96. The molecule has 1 fully saturated rings. The van der Waals surface area contributed by atoms with Crippen LogP contribution in [0.3, 0.4) is 0 Å². The molecule has 19 heavy (non-hydrogen) atoms. The van der Waals surface area contributed by atoms with Crippen molar-refractivity contribution >= 4 is 16.9 Å². The first kappa shape index (κ1) is 12.0. The molecule has 0 aromatic carbocycles. The lowest BCUT2D eigenvalue weighted by Gasteiger charge is -2.36. The SMILES string of the molecule is C#C[C@@H]1CCNCC1N(C)c1ncnc2[nH]ccc12. The average Bonchev–Trinajstić information content (AvgIpc) is 2.94. The summed E-state index contributed by atoms with van der Waals surface area (Å²) in [4.78, 5) is 13.9. The molecule has 2 aromatic rings. The van der Waals surface area contributed by atoms with Crippen molar-refractivity contribution in [3.63, 3.8) is 0 Å². The Hall–Kier alpha value is -2.06. The van der Waals surface area contributed by atoms with Crippen molar-refractivity contribution in [2.24, 2.45) is 5.92 Å². The molecule has 2 atom stereocenters. The van der Waals surface area contributed by atoms with Gasteiger partial charge in [-0.1, -0.05) is 0 Å². The van der Waals surface area contributed by atoms with Crippen molar-refractivity contribution in [2.45, 2.75) is 12.5 Å². The highest BCUT2D eigenvalue weighted by atomic mass is 15.2. The van der Waals surface area contributed by atoms with Gasteiger partial charge in [0, 0.05) is 25.7 Å². The third kappa shape index (κ3) is 2.04. The lowest BCUT2D eigenvalue weighted by atomic mass is 9.92. The van der Waals surface area contributed by atoms with E-state index in [9.17, 15) is 0 Å². The van der Waals surface area contributed by atoms with E-state index in [0.29, 0.717) is 0 Å². The maximum atomic E-state index is 5.66. The summed E-state index contributed by atoms with van der Waals surface area (Å²) in [5.41, 5.74) is 0.859. The smallest absolute Gasteiger partial charge is 0.142 e. The average molecular weight is 255 g/mol. The second kappa shape index (κ2) is 4.90. The first-order valence-electron chi connectivity index (χ1n) is 6.49. The van der Waals surface area contributed by atoms with Crippen LogP contribution in [-0.4, -0.2) is 41.1 Å². The van der Waals surface area contributed by atoms with Gasteiger partial charge >= 0.3 is 0 Å². The van der Waals surface area contributed by atoms with E-state index in [4.69, 9.17) is 6.42 Å². The summed E-state index contributed by atoms with van der Waals surface area (Å²) >= 11 is 0. The zero-order valence-corrected chi connectivity index (χ0v) is 10.9. The van der Waals surface area contributed by atoms with Gasteiger partial charge < -0.3 is 15.2 Å². The normalized spacial score (nSPS) is 23.2. The minimum absolute atomic E-state index is 0.259. The van der Waals surface area contributed by atoms with Crippen molar-refractivity contribution in [2.75, 3.05) is 25.0 Å². The Labute approximate surface area is 112 Å². The molecule has 0 radical (unpaired) electrons. The zero-order valence-electron chi connectivity index (χ0n) is 10.9. The van der Waals surface area contributed by atoms with Crippen LogP contribution in [0.1, 0.15) is 6.42 Å². The summed E-state index contributed by atoms with van der Waals surface area (Å²) in [5.74, 6) is 4.10. The van der Waals surface area contributed by atoms with E-state index in [1.165, 1.54) is 0 Å². The van der Waals surface area contributed by atoms with Gasteiger partial charge in [-0.05, 0) is 19.0 Å². The highest BCUT2D eigenvalue weighted by Gasteiger charge is 2.28. The first-order chi connectivity index (χ1) is 9.31. The van der Waals surface area contributed by atoms with Gasteiger partial charge in [-0.25, -0.2) is 9.97 Å². The van der Waals surface area contributed by atoms with Gasteiger partial charge in [0.05, 0.1) is 11.4 Å². The topological polar surface area (TPSA) is 56.8 Å². The number of hydrogen-bond donors (Lipinski definition) is 2. The summed E-state index contributed by atoms with van der Waals surface area (Å²) in [6.45, 7) is 1.88. The molecular weight excluding hydrogens is 238 g/mol. The van der Waals surface area contributed by atoms with Crippen LogP contribution < -0.4 is 10.2 Å². The van der Waals surface area contributed by atoms with Crippen molar-refractivity contribution in [1.82, 2.24) is 20.3 Å². The molecular formula is C14H17N5. The Kier molecular flexibility index (Phi) is 3.10. The Morgan fingerprint density at radius 2 is 2.37 bits per heavy atom. The summed E-state index contributed by atoms with van der Waals surface area (Å²) in [7, 11) is 2.05. The molecule has 5 heteroatoms. The van der Waals surface area contributed by atoms with Gasteiger partial charge in [-0.3, -0.25) is 0 Å². The molecule has 98 valence electrons. The van der Waals surface area contributed by atoms with E-state index in [-0.39, 0.29) is 12.0 Å². The largest absolute Gasteiger partial charge is 0.354 e. The highest BCUT2D eigenvalue weighted by molar-refractivity contribution is 5.87. The maximum absolute atomic E-state index is 5.66. The van der Waals surface area contributed by atoms with E-state index < -0.39 is 0 Å². The molecule has 1 aliphatic rings. The van der Waals surface area contributed by atoms with Gasteiger partial charge in [0.25, 0.3) is 0 Å². The van der Waals surface area contributed by atoms with Gasteiger partial charge in [-0.2, -0.15) is 0 Å². The van der Waals surface area contributed by atoms with Crippen LogP contribution in [0, 0.1) is 18.3 Å². The molecule has 0 amide bonds. The fraction of sp³-hybridized carbons (Fsp3) is 0.429. The summed E-state index contributed by atoms with van der Waals surface area (Å²) in [5, 5.41) is 4.44. The van der Waals surface area contributed by atoms with Gasteiger partial charge in [0.15, 0.2) is 0 Å². The minimum atomic E-state index is 0.259. The lowest BCUT2D eigenvalue weighted by molar-refractivity contribution is 0.377. The predicted molar refractivity (Wildman–Crippen MR) is 75.9 cm³/mol. The number of rotatable bonds is 2. The standard InChI is InChI=1S/C14H17N5/c1-3-10-4-6-15-8-12(10)19(2)14-11-5-7-16-13(11)17-9-18-14/h1,5,7,9-10,12,15H,4,6,8H2,2H3,(H,16,17,18)/t10-,12?/m1/s1. The molecule has 3 heterocycles. The fourth-order valence-corrected chi connectivity index (χ4v) is 2.74. The van der Waals surface area contributed by atoms with Crippen LogP contribution in [0.15, 0.2) is 18.6 Å². The number of likely N-dealkylation sites (N-methyl/N-ethyl adjacent to an activating group) is 1. The van der Waals surface area contributed by atoms with Crippen molar-refractivity contribution in [3.8, 4) is 12.3 Å². The van der Waals surface area contributed by atoms with Gasteiger partial charge in [0.1, 0.15) is 17.8 Å². The van der Waals surface area contributed by atoms with Crippen LogP contribution in [-0.2, 0) is 0 Å². The molecule has 0 spiro atoms. The van der Waals surface area contributed by atoms with E-state index in [2.05, 4.69) is 38.1 Å². The van der Waals surface area contributed by atoms with Crippen molar-refractivity contribution in [1.29, 1.82) is 0 Å². The Morgan fingerprint density at radius 3 is 3.21 bits per heavy atom. The monoisotopic (exact) mass is 255 g/mol. The molecule has 0 bridgehead atoms. The number of H-pyrrole nitrogens is 1. The quantitative estimate of drug-likeness (QED) is 0.786. The number of anilines is 1. The van der Waals surface area contributed by atoms with E-state index in [1.54, 1.807) is 6.33 Å². The number of aromatic amines is 1. The second-order valence-corrected chi connectivity index (χ2v) is 4.88. The highest BCUT2D eigenvalue weighted by Crippen LogP contribution is 2.26. The van der Waals surface area contributed by atoms with E-state index in [0.717, 1.165) is 36.4 Å². The van der Waals surface area contributed by atoms with E-state index >= 15 is 0 Å². The molecule has 0 aliphatic carbocycles. The number of nitrogens with zero attached hydrogens (tertiary/aromatic N) is 3. The lowest BCUT2D eigenvalue weighted by Crippen LogP contribution is -2.49. The minimum Gasteiger partial charge on any atom is -0.354 e. The van der Waals surface area contributed by atoms with E-state index in [1.807, 2.05) is 12.3 Å². The number of hydrogen-bond acceptors (Lipinski definition) is 4. The Bertz CT molecular complexity index is 612. The van der Waals surface area contributed by atoms with Crippen LogP contribution in [0.2, 0.25) is 0 Å². The number of terminal acetylenes is 1. The van der Waals surface area contributed by atoms with Crippen molar-refractivity contribution < 1.29 is 0 Å². The Morgan fingerprint density at radius 1 is 1.47 bits per heavy atom. The summed E-state index contributed by atoms with van der Waals surface area (Å²) in [6.07, 6.45) is 10.1.